The molecule has 7 heteroatoms. The largest absolute Gasteiger partial charge is 0.354 e. The number of hydrogen-bond acceptors (Lipinski definition) is 5. The number of nitrogens with one attached hydrogen (secondary N) is 1. The van der Waals surface area contributed by atoms with E-state index in [9.17, 15) is 9.18 Å². The highest BCUT2D eigenvalue weighted by Gasteiger charge is 2.23. The van der Waals surface area contributed by atoms with Crippen molar-refractivity contribution >= 4 is 23.1 Å². The summed E-state index contributed by atoms with van der Waals surface area (Å²) < 4.78 is 13.5. The highest BCUT2D eigenvalue weighted by Crippen LogP contribution is 2.30. The lowest BCUT2D eigenvalue weighted by molar-refractivity contribution is 0.0950. The normalized spacial score (nSPS) is 21.0. The second-order valence-corrected chi connectivity index (χ2v) is 6.89. The van der Waals surface area contributed by atoms with Gasteiger partial charge in [0.15, 0.2) is 0 Å². The van der Waals surface area contributed by atoms with Crippen molar-refractivity contribution in [3.8, 4) is 10.6 Å². The number of nitrogens with zero attached hydrogens (tertiary/aromatic N) is 3. The molecule has 1 N–H and O–H groups in total. The fraction of sp³-hybridized carbons (Fsp3) is 0.438. The molecular formula is C16H17FN4OS. The molecule has 1 saturated heterocycles. The fourth-order valence-corrected chi connectivity index (χ4v) is 4.05. The minimum Gasteiger partial charge on any atom is -0.354 e. The van der Waals surface area contributed by atoms with Gasteiger partial charge in [0.2, 0.25) is 0 Å². The molecule has 2 aromatic rings. The molecule has 4 rings (SSSR count). The third kappa shape index (κ3) is 2.81. The van der Waals surface area contributed by atoms with E-state index in [1.165, 1.54) is 11.3 Å². The van der Waals surface area contributed by atoms with Crippen LogP contribution in [-0.4, -0.2) is 41.7 Å². The molecule has 0 unspecified atom stereocenters. The van der Waals surface area contributed by atoms with E-state index in [4.69, 9.17) is 0 Å². The van der Waals surface area contributed by atoms with Crippen LogP contribution < -0.4 is 10.2 Å². The number of fused-ring (bicyclic) bond motifs is 1. The lowest BCUT2D eigenvalue weighted by atomic mass is 10.1. The summed E-state index contributed by atoms with van der Waals surface area (Å²) in [5.74, 6) is 0.761. The molecule has 5 nitrogen and oxygen atoms in total. The molecular weight excluding hydrogens is 315 g/mol. The molecule has 2 aliphatic rings. The van der Waals surface area contributed by atoms with Gasteiger partial charge < -0.3 is 10.2 Å². The topological polar surface area (TPSA) is 58.1 Å². The number of halogens is 1. The molecule has 0 bridgehead atoms. The maximum Gasteiger partial charge on any atom is 0.263 e. The number of thiazole rings is 1. The molecule has 0 aromatic carbocycles. The summed E-state index contributed by atoms with van der Waals surface area (Å²) in [6.45, 7) is 1.90. The zero-order chi connectivity index (χ0) is 15.8. The second-order valence-electron chi connectivity index (χ2n) is 5.89. The van der Waals surface area contributed by atoms with Crippen LogP contribution >= 0.6 is 11.3 Å². The first-order valence-corrected chi connectivity index (χ1v) is 8.66. The molecule has 0 radical (unpaired) electrons. The molecule has 4 heterocycles. The smallest absolute Gasteiger partial charge is 0.263 e. The Kier molecular flexibility index (Phi) is 3.72. The number of carbonyl (C=O) groups is 1. The Morgan fingerprint density at radius 1 is 1.39 bits per heavy atom. The van der Waals surface area contributed by atoms with Gasteiger partial charge in [0.05, 0.1) is 12.2 Å². The highest BCUT2D eigenvalue weighted by atomic mass is 32.1. The molecule has 1 amide bonds. The number of pyridine rings is 1. The van der Waals surface area contributed by atoms with Crippen LogP contribution in [0.1, 0.15) is 28.2 Å². The Morgan fingerprint density at radius 3 is 3.04 bits per heavy atom. The van der Waals surface area contributed by atoms with E-state index in [2.05, 4.69) is 15.3 Å². The predicted molar refractivity (Wildman–Crippen MR) is 87.7 cm³/mol. The molecule has 2 aromatic heterocycles. The van der Waals surface area contributed by atoms with Gasteiger partial charge in [0.25, 0.3) is 5.91 Å². The lowest BCUT2D eigenvalue weighted by Gasteiger charge is -2.29. The van der Waals surface area contributed by atoms with Crippen LogP contribution in [-0.2, 0) is 6.42 Å². The van der Waals surface area contributed by atoms with Crippen molar-refractivity contribution < 1.29 is 9.18 Å². The number of hydrogen-bond donors (Lipinski definition) is 1. The Hall–Kier alpha value is -2.02. The minimum absolute atomic E-state index is 0.0399. The lowest BCUT2D eigenvalue weighted by Crippen LogP contribution is -2.36. The molecule has 2 aliphatic heterocycles. The van der Waals surface area contributed by atoms with E-state index >= 15 is 0 Å². The second kappa shape index (κ2) is 5.88. The summed E-state index contributed by atoms with van der Waals surface area (Å²) in [5, 5.41) is 3.65. The van der Waals surface area contributed by atoms with Gasteiger partial charge in [-0.05, 0) is 25.0 Å². The van der Waals surface area contributed by atoms with Crippen LogP contribution in [0.5, 0.6) is 0 Å². The van der Waals surface area contributed by atoms with Crippen molar-refractivity contribution in [2.45, 2.75) is 25.4 Å². The third-order valence-corrected chi connectivity index (χ3v) is 5.38. The number of alkyl halides is 1. The van der Waals surface area contributed by atoms with Crippen molar-refractivity contribution in [3.63, 3.8) is 0 Å². The van der Waals surface area contributed by atoms with Crippen molar-refractivity contribution in [2.75, 3.05) is 24.5 Å². The Balaban J connectivity index is 1.57. The van der Waals surface area contributed by atoms with Gasteiger partial charge in [0, 0.05) is 31.3 Å². The predicted octanol–water partition coefficient (Wildman–Crippen LogP) is 2.43. The van der Waals surface area contributed by atoms with Crippen LogP contribution in [0, 0.1) is 0 Å². The first kappa shape index (κ1) is 14.6. The fourth-order valence-electron chi connectivity index (χ4n) is 3.03. The summed E-state index contributed by atoms with van der Waals surface area (Å²) in [4.78, 5) is 23.5. The van der Waals surface area contributed by atoms with Gasteiger partial charge in [0.1, 0.15) is 21.9 Å². The van der Waals surface area contributed by atoms with E-state index in [0.717, 1.165) is 41.5 Å². The zero-order valence-electron chi connectivity index (χ0n) is 12.6. The molecule has 1 atom stereocenters. The molecule has 1 fully saturated rings. The average molecular weight is 332 g/mol. The summed E-state index contributed by atoms with van der Waals surface area (Å²) >= 11 is 1.40. The molecule has 0 aliphatic carbocycles. The monoisotopic (exact) mass is 332 g/mol. The molecule has 0 spiro atoms. The summed E-state index contributed by atoms with van der Waals surface area (Å²) in [6, 6.07) is 3.86. The first-order valence-electron chi connectivity index (χ1n) is 7.84. The molecule has 23 heavy (non-hydrogen) atoms. The summed E-state index contributed by atoms with van der Waals surface area (Å²) in [5.41, 5.74) is 1.77. The summed E-state index contributed by atoms with van der Waals surface area (Å²) in [6.07, 6.45) is 3.27. The zero-order valence-corrected chi connectivity index (χ0v) is 13.4. The maximum atomic E-state index is 13.5. The van der Waals surface area contributed by atoms with E-state index in [-0.39, 0.29) is 5.91 Å². The van der Waals surface area contributed by atoms with Crippen LogP contribution in [0.25, 0.3) is 10.6 Å². The number of rotatable bonds is 2. The number of aromatic nitrogens is 2. The standard InChI is InChI=1S/C16H17FN4OS/c17-11-2-1-7-21(9-11)13-4-3-10(8-19-13)16-20-12-5-6-18-15(22)14(12)23-16/h3-4,8,11H,1-2,5-7,9H2,(H,18,22)/t11-/m1/s1. The molecule has 120 valence electrons. The van der Waals surface area contributed by atoms with E-state index in [1.54, 1.807) is 6.20 Å². The van der Waals surface area contributed by atoms with Crippen LogP contribution in [0.3, 0.4) is 0 Å². The van der Waals surface area contributed by atoms with E-state index in [1.807, 2.05) is 17.0 Å². The van der Waals surface area contributed by atoms with Gasteiger partial charge >= 0.3 is 0 Å². The number of anilines is 1. The Labute approximate surface area is 137 Å². The van der Waals surface area contributed by atoms with Gasteiger partial charge in [-0.25, -0.2) is 14.4 Å². The number of amides is 1. The average Bonchev–Trinajstić information content (AvgIpc) is 3.01. The SMILES string of the molecule is O=C1NCCc2nc(-c3ccc(N4CCC[C@@H](F)C4)nc3)sc21. The van der Waals surface area contributed by atoms with Crippen LogP contribution in [0.4, 0.5) is 10.2 Å². The Bertz CT molecular complexity index is 730. The third-order valence-electron chi connectivity index (χ3n) is 4.23. The van der Waals surface area contributed by atoms with Gasteiger partial charge in [-0.1, -0.05) is 0 Å². The van der Waals surface area contributed by atoms with E-state index in [0.29, 0.717) is 24.4 Å². The summed E-state index contributed by atoms with van der Waals surface area (Å²) in [7, 11) is 0. The number of carbonyl (C=O) groups excluding carboxylic acids is 1. The quantitative estimate of drug-likeness (QED) is 0.918. The highest BCUT2D eigenvalue weighted by molar-refractivity contribution is 7.17. The number of piperidine rings is 1. The van der Waals surface area contributed by atoms with Crippen molar-refractivity contribution in [2.24, 2.45) is 0 Å². The van der Waals surface area contributed by atoms with Crippen molar-refractivity contribution in [3.05, 3.63) is 28.9 Å². The first-order chi connectivity index (χ1) is 11.2. The van der Waals surface area contributed by atoms with Gasteiger partial charge in [-0.2, -0.15) is 0 Å². The van der Waals surface area contributed by atoms with Crippen molar-refractivity contribution in [1.29, 1.82) is 0 Å². The minimum atomic E-state index is -0.769. The Morgan fingerprint density at radius 2 is 2.30 bits per heavy atom. The molecule has 0 saturated carbocycles. The maximum absolute atomic E-state index is 13.5. The van der Waals surface area contributed by atoms with E-state index < -0.39 is 6.17 Å². The van der Waals surface area contributed by atoms with Crippen LogP contribution in [0.15, 0.2) is 18.3 Å². The van der Waals surface area contributed by atoms with Crippen LogP contribution in [0.2, 0.25) is 0 Å². The van der Waals surface area contributed by atoms with Crippen molar-refractivity contribution in [1.82, 2.24) is 15.3 Å². The van der Waals surface area contributed by atoms with Gasteiger partial charge in [-0.3, -0.25) is 4.79 Å². The van der Waals surface area contributed by atoms with Gasteiger partial charge in [-0.15, -0.1) is 11.3 Å².